The Morgan fingerprint density at radius 1 is 1.26 bits per heavy atom. The van der Waals surface area contributed by atoms with Crippen LogP contribution in [0.15, 0.2) is 33.1 Å². The van der Waals surface area contributed by atoms with Crippen LogP contribution in [0.2, 0.25) is 0 Å². The number of aromatic nitrogens is 3. The number of hydrogen-bond donors (Lipinski definition) is 1. The van der Waals surface area contributed by atoms with E-state index in [4.69, 9.17) is 4.52 Å². The van der Waals surface area contributed by atoms with E-state index in [0.717, 1.165) is 38.8 Å². The summed E-state index contributed by atoms with van der Waals surface area (Å²) in [5.74, 6) is 1.56. The molecule has 0 saturated heterocycles. The predicted octanol–water partition coefficient (Wildman–Crippen LogP) is 4.74. The molecule has 0 fully saturated rings. The van der Waals surface area contributed by atoms with Gasteiger partial charge in [0.15, 0.2) is 4.34 Å². The zero-order chi connectivity index (χ0) is 16.2. The maximum atomic E-state index is 5.07. The van der Waals surface area contributed by atoms with Crippen molar-refractivity contribution >= 4 is 33.9 Å². The Morgan fingerprint density at radius 2 is 2.13 bits per heavy atom. The Labute approximate surface area is 143 Å². The summed E-state index contributed by atoms with van der Waals surface area (Å²) in [5.41, 5.74) is 4.55. The molecule has 23 heavy (non-hydrogen) atoms. The predicted molar refractivity (Wildman–Crippen MR) is 94.5 cm³/mol. The van der Waals surface area contributed by atoms with Crippen LogP contribution in [-0.2, 0) is 12.2 Å². The first-order chi connectivity index (χ1) is 11.2. The first-order valence-electron chi connectivity index (χ1n) is 7.39. The van der Waals surface area contributed by atoms with Gasteiger partial charge in [0.05, 0.1) is 5.69 Å². The zero-order valence-corrected chi connectivity index (χ0v) is 14.9. The van der Waals surface area contributed by atoms with Crippen molar-refractivity contribution in [1.29, 1.82) is 0 Å². The topological polar surface area (TPSA) is 63.8 Å². The van der Waals surface area contributed by atoms with Crippen LogP contribution >= 0.6 is 23.1 Å². The molecule has 7 heteroatoms. The van der Waals surface area contributed by atoms with Crippen molar-refractivity contribution in [3.05, 3.63) is 46.8 Å². The summed E-state index contributed by atoms with van der Waals surface area (Å²) < 4.78 is 5.98. The third-order valence-corrected chi connectivity index (χ3v) is 5.40. The van der Waals surface area contributed by atoms with Crippen molar-refractivity contribution in [2.45, 2.75) is 37.3 Å². The van der Waals surface area contributed by atoms with Crippen molar-refractivity contribution in [1.82, 2.24) is 15.4 Å². The standard InChI is InChI=1S/C16H18N4OS2/c1-4-12-7-5-6-10(2)14(12)17-15-18-19-16(23-15)22-9-13-8-11(3)21-20-13/h5-8H,4,9H2,1-3H3,(H,17,18). The van der Waals surface area contributed by atoms with Crippen LogP contribution < -0.4 is 5.32 Å². The highest BCUT2D eigenvalue weighted by molar-refractivity contribution is 8.00. The Morgan fingerprint density at radius 3 is 2.87 bits per heavy atom. The Hall–Kier alpha value is -1.86. The van der Waals surface area contributed by atoms with Gasteiger partial charge in [-0.3, -0.25) is 0 Å². The van der Waals surface area contributed by atoms with E-state index in [2.05, 4.69) is 52.7 Å². The minimum Gasteiger partial charge on any atom is -0.361 e. The molecule has 1 N–H and O–H groups in total. The van der Waals surface area contributed by atoms with E-state index >= 15 is 0 Å². The van der Waals surface area contributed by atoms with Crippen LogP contribution in [0.3, 0.4) is 0 Å². The van der Waals surface area contributed by atoms with Crippen LogP contribution in [0.1, 0.15) is 29.5 Å². The number of aryl methyl sites for hydroxylation is 3. The summed E-state index contributed by atoms with van der Waals surface area (Å²) in [6.07, 6.45) is 0.982. The first-order valence-corrected chi connectivity index (χ1v) is 9.20. The molecule has 3 aromatic rings. The van der Waals surface area contributed by atoms with Crippen molar-refractivity contribution < 1.29 is 4.52 Å². The first kappa shape index (κ1) is 16.0. The second-order valence-corrected chi connectivity index (χ2v) is 7.38. The fraction of sp³-hybridized carbons (Fsp3) is 0.312. The van der Waals surface area contributed by atoms with Crippen LogP contribution in [0.4, 0.5) is 10.8 Å². The van der Waals surface area contributed by atoms with Gasteiger partial charge in [-0.15, -0.1) is 10.2 Å². The van der Waals surface area contributed by atoms with Crippen molar-refractivity contribution in [3.63, 3.8) is 0 Å². The zero-order valence-electron chi connectivity index (χ0n) is 13.3. The van der Waals surface area contributed by atoms with Crippen LogP contribution in [0.5, 0.6) is 0 Å². The lowest BCUT2D eigenvalue weighted by molar-refractivity contribution is 0.393. The average Bonchev–Trinajstić information content (AvgIpc) is 3.16. The lowest BCUT2D eigenvalue weighted by atomic mass is 10.1. The molecule has 0 bridgehead atoms. The molecule has 0 amide bonds. The summed E-state index contributed by atoms with van der Waals surface area (Å²) in [6.45, 7) is 6.15. The average molecular weight is 346 g/mol. The molecular weight excluding hydrogens is 328 g/mol. The lowest BCUT2D eigenvalue weighted by Gasteiger charge is -2.11. The molecule has 0 unspecified atom stereocenters. The van der Waals surface area contributed by atoms with E-state index in [9.17, 15) is 0 Å². The van der Waals surface area contributed by atoms with E-state index < -0.39 is 0 Å². The van der Waals surface area contributed by atoms with Crippen LogP contribution in [0, 0.1) is 13.8 Å². The number of hydrogen-bond acceptors (Lipinski definition) is 7. The highest BCUT2D eigenvalue weighted by Gasteiger charge is 2.10. The van der Waals surface area contributed by atoms with Crippen molar-refractivity contribution in [3.8, 4) is 0 Å². The normalized spacial score (nSPS) is 10.9. The molecule has 2 aromatic heterocycles. The van der Waals surface area contributed by atoms with E-state index in [1.807, 2.05) is 13.0 Å². The Bertz CT molecular complexity index is 797. The summed E-state index contributed by atoms with van der Waals surface area (Å²) >= 11 is 3.17. The SMILES string of the molecule is CCc1cccc(C)c1Nc1nnc(SCc2cc(C)on2)s1. The molecule has 0 aliphatic heterocycles. The van der Waals surface area contributed by atoms with Gasteiger partial charge < -0.3 is 9.84 Å². The molecule has 0 spiro atoms. The van der Waals surface area contributed by atoms with Gasteiger partial charge in [-0.05, 0) is 31.4 Å². The highest BCUT2D eigenvalue weighted by atomic mass is 32.2. The number of anilines is 2. The molecular formula is C16H18N4OS2. The molecule has 0 aliphatic rings. The van der Waals surface area contributed by atoms with Gasteiger partial charge in [0.2, 0.25) is 5.13 Å². The third-order valence-electron chi connectivity index (χ3n) is 3.40. The smallest absolute Gasteiger partial charge is 0.210 e. The van der Waals surface area contributed by atoms with E-state index in [1.54, 1.807) is 23.1 Å². The van der Waals surface area contributed by atoms with Gasteiger partial charge in [-0.25, -0.2) is 0 Å². The molecule has 0 radical (unpaired) electrons. The molecule has 5 nitrogen and oxygen atoms in total. The van der Waals surface area contributed by atoms with E-state index in [-0.39, 0.29) is 0 Å². The van der Waals surface area contributed by atoms with Gasteiger partial charge >= 0.3 is 0 Å². The van der Waals surface area contributed by atoms with Gasteiger partial charge in [0, 0.05) is 17.5 Å². The number of para-hydroxylation sites is 1. The minimum absolute atomic E-state index is 0.733. The fourth-order valence-electron chi connectivity index (χ4n) is 2.25. The molecule has 1 aromatic carbocycles. The number of nitrogens with zero attached hydrogens (tertiary/aromatic N) is 3. The maximum Gasteiger partial charge on any atom is 0.210 e. The van der Waals surface area contributed by atoms with Crippen molar-refractivity contribution in [2.75, 3.05) is 5.32 Å². The molecule has 3 rings (SSSR count). The second-order valence-electron chi connectivity index (χ2n) is 5.18. The van der Waals surface area contributed by atoms with Crippen LogP contribution in [-0.4, -0.2) is 15.4 Å². The minimum atomic E-state index is 0.733. The Kier molecular flexibility index (Phi) is 4.97. The largest absolute Gasteiger partial charge is 0.361 e. The summed E-state index contributed by atoms with van der Waals surface area (Å²) in [7, 11) is 0. The quantitative estimate of drug-likeness (QED) is 0.650. The maximum absolute atomic E-state index is 5.07. The number of rotatable bonds is 6. The number of nitrogens with one attached hydrogen (secondary N) is 1. The van der Waals surface area contributed by atoms with E-state index in [1.165, 1.54) is 11.1 Å². The molecule has 0 atom stereocenters. The monoisotopic (exact) mass is 346 g/mol. The molecule has 0 saturated carbocycles. The van der Waals surface area contributed by atoms with E-state index in [0.29, 0.717) is 0 Å². The summed E-state index contributed by atoms with van der Waals surface area (Å²) in [6, 6.07) is 8.26. The molecule has 120 valence electrons. The van der Waals surface area contributed by atoms with Gasteiger partial charge in [-0.2, -0.15) is 0 Å². The fourth-order valence-corrected chi connectivity index (χ4v) is 3.89. The van der Waals surface area contributed by atoms with Gasteiger partial charge in [-0.1, -0.05) is 53.4 Å². The summed E-state index contributed by atoms with van der Waals surface area (Å²) in [4.78, 5) is 0. The van der Waals surface area contributed by atoms with Gasteiger partial charge in [0.1, 0.15) is 5.76 Å². The molecule has 2 heterocycles. The number of benzene rings is 1. The molecule has 0 aliphatic carbocycles. The lowest BCUT2D eigenvalue weighted by Crippen LogP contribution is -1.97. The van der Waals surface area contributed by atoms with Gasteiger partial charge in [0.25, 0.3) is 0 Å². The summed E-state index contributed by atoms with van der Waals surface area (Å²) in [5, 5.41) is 16.7. The van der Waals surface area contributed by atoms with Crippen molar-refractivity contribution in [2.24, 2.45) is 0 Å². The third kappa shape index (κ3) is 3.92. The number of thioether (sulfide) groups is 1. The highest BCUT2D eigenvalue weighted by Crippen LogP contribution is 2.31. The Balaban J connectivity index is 1.68. The van der Waals surface area contributed by atoms with Crippen LogP contribution in [0.25, 0.3) is 0 Å². The second kappa shape index (κ2) is 7.14.